The Morgan fingerprint density at radius 2 is 2.16 bits per heavy atom. The number of aromatic nitrogens is 1. The molecule has 0 fully saturated rings. The Morgan fingerprint density at radius 3 is 2.84 bits per heavy atom. The van der Waals surface area contributed by atoms with Crippen LogP contribution in [0.1, 0.15) is 11.8 Å². The van der Waals surface area contributed by atoms with Crippen LogP contribution in [0.4, 0.5) is 5.69 Å². The van der Waals surface area contributed by atoms with E-state index in [1.165, 1.54) is 17.5 Å². The molecule has 0 radical (unpaired) electrons. The van der Waals surface area contributed by atoms with Crippen LogP contribution in [0.2, 0.25) is 0 Å². The third-order valence-electron chi connectivity index (χ3n) is 2.41. The largest absolute Gasteiger partial charge is 0.383 e. The van der Waals surface area contributed by atoms with Gasteiger partial charge in [0.15, 0.2) is 5.03 Å². The van der Waals surface area contributed by atoms with Crippen molar-refractivity contribution in [1.29, 1.82) is 0 Å². The van der Waals surface area contributed by atoms with Crippen molar-refractivity contribution < 1.29 is 8.42 Å². The summed E-state index contributed by atoms with van der Waals surface area (Å²) in [5, 5.41) is 4.94. The maximum absolute atomic E-state index is 12.2. The Hall–Kier alpha value is -1.44. The molecule has 0 unspecified atom stereocenters. The maximum Gasteiger partial charge on any atom is 0.260 e. The first-order valence-corrected chi connectivity index (χ1v) is 8.20. The lowest BCUT2D eigenvalue weighted by Gasteiger charge is -2.10. The molecule has 2 heterocycles. The fourth-order valence-electron chi connectivity index (χ4n) is 1.58. The van der Waals surface area contributed by atoms with Crippen LogP contribution in [0.5, 0.6) is 0 Å². The van der Waals surface area contributed by atoms with Crippen molar-refractivity contribution in [3.8, 4) is 0 Å². The highest BCUT2D eigenvalue weighted by molar-refractivity contribution is 7.89. The van der Waals surface area contributed by atoms with Gasteiger partial charge in [-0.1, -0.05) is 6.07 Å². The molecule has 2 N–H and O–H groups in total. The zero-order valence-corrected chi connectivity index (χ0v) is 12.1. The minimum absolute atomic E-state index is 0.0356. The highest BCUT2D eigenvalue weighted by Gasteiger charge is 2.19. The summed E-state index contributed by atoms with van der Waals surface area (Å²) < 4.78 is 27.0. The van der Waals surface area contributed by atoms with Crippen molar-refractivity contribution >= 4 is 27.0 Å². The average molecular weight is 297 g/mol. The molecule has 2 rings (SSSR count). The number of nitrogens with zero attached hydrogens (tertiary/aromatic N) is 1. The molecule has 0 atom stereocenters. The molecule has 7 heteroatoms. The molecule has 0 aromatic carbocycles. The molecule has 5 nitrogen and oxygen atoms in total. The predicted octanol–water partition coefficient (Wildman–Crippen LogP) is 2.05. The number of anilines is 1. The second kappa shape index (κ2) is 6.14. The zero-order chi connectivity index (χ0) is 13.7. The summed E-state index contributed by atoms with van der Waals surface area (Å²) in [5.41, 5.74) is 0.517. The van der Waals surface area contributed by atoms with E-state index < -0.39 is 10.0 Å². The molecule has 0 aliphatic heterocycles. The van der Waals surface area contributed by atoms with Crippen LogP contribution >= 0.6 is 11.3 Å². The molecule has 0 aliphatic carbocycles. The van der Waals surface area contributed by atoms with Gasteiger partial charge in [0.05, 0.1) is 5.69 Å². The summed E-state index contributed by atoms with van der Waals surface area (Å²) in [4.78, 5) is 4.92. The number of sulfonamides is 1. The van der Waals surface area contributed by atoms with E-state index in [-0.39, 0.29) is 11.6 Å². The molecule has 102 valence electrons. The van der Waals surface area contributed by atoms with E-state index in [2.05, 4.69) is 15.0 Å². The van der Waals surface area contributed by atoms with E-state index >= 15 is 0 Å². The third-order valence-corrected chi connectivity index (χ3v) is 4.64. The predicted molar refractivity (Wildman–Crippen MR) is 76.7 cm³/mol. The van der Waals surface area contributed by atoms with Gasteiger partial charge in [-0.25, -0.2) is 18.1 Å². The lowest BCUT2D eigenvalue weighted by molar-refractivity contribution is 0.578. The molecule has 19 heavy (non-hydrogen) atoms. The van der Waals surface area contributed by atoms with Gasteiger partial charge in [-0.3, -0.25) is 0 Å². The van der Waals surface area contributed by atoms with Crippen molar-refractivity contribution in [1.82, 2.24) is 9.71 Å². The van der Waals surface area contributed by atoms with Crippen LogP contribution in [0, 0.1) is 0 Å². The summed E-state index contributed by atoms with van der Waals surface area (Å²) in [6.07, 6.45) is 1.47. The molecule has 2 aromatic heterocycles. The second-order valence-electron chi connectivity index (χ2n) is 3.79. The minimum Gasteiger partial charge on any atom is -0.383 e. The van der Waals surface area contributed by atoms with Crippen molar-refractivity contribution in [2.75, 3.05) is 11.9 Å². The van der Waals surface area contributed by atoms with Crippen molar-refractivity contribution in [2.45, 2.75) is 18.5 Å². The number of thiophene rings is 1. The first-order chi connectivity index (χ1) is 9.13. The van der Waals surface area contributed by atoms with Gasteiger partial charge in [0.1, 0.15) is 0 Å². The smallest absolute Gasteiger partial charge is 0.260 e. The molecule has 2 aromatic rings. The fraction of sp³-hybridized carbons (Fsp3) is 0.250. The Kier molecular flexibility index (Phi) is 4.52. The third kappa shape index (κ3) is 3.52. The van der Waals surface area contributed by atoms with Crippen molar-refractivity contribution in [3.63, 3.8) is 0 Å². The fourth-order valence-corrected chi connectivity index (χ4v) is 3.43. The van der Waals surface area contributed by atoms with Gasteiger partial charge in [0.25, 0.3) is 10.0 Å². The van der Waals surface area contributed by atoms with E-state index in [4.69, 9.17) is 0 Å². The van der Waals surface area contributed by atoms with Gasteiger partial charge in [-0.2, -0.15) is 0 Å². The van der Waals surface area contributed by atoms with E-state index in [1.54, 1.807) is 12.1 Å². The molecule has 0 aliphatic rings. The first kappa shape index (κ1) is 14.0. The Morgan fingerprint density at radius 1 is 1.32 bits per heavy atom. The lowest BCUT2D eigenvalue weighted by Crippen LogP contribution is -2.25. The highest BCUT2D eigenvalue weighted by atomic mass is 32.2. The van der Waals surface area contributed by atoms with Crippen molar-refractivity contribution in [2.24, 2.45) is 0 Å². The van der Waals surface area contributed by atoms with Crippen LogP contribution < -0.4 is 10.0 Å². The summed E-state index contributed by atoms with van der Waals surface area (Å²) in [6, 6.07) is 7.18. The topological polar surface area (TPSA) is 71.1 Å². The zero-order valence-electron chi connectivity index (χ0n) is 10.5. The number of nitrogens with one attached hydrogen (secondary N) is 2. The number of pyridine rings is 1. The van der Waals surface area contributed by atoms with E-state index in [9.17, 15) is 8.42 Å². The van der Waals surface area contributed by atoms with Crippen LogP contribution in [0.25, 0.3) is 0 Å². The first-order valence-electron chi connectivity index (χ1n) is 5.84. The van der Waals surface area contributed by atoms with Crippen LogP contribution in [0.3, 0.4) is 0 Å². The molecular formula is C12H15N3O2S2. The van der Waals surface area contributed by atoms with Crippen LogP contribution in [-0.4, -0.2) is 19.9 Å². The highest BCUT2D eigenvalue weighted by Crippen LogP contribution is 2.18. The monoisotopic (exact) mass is 297 g/mol. The number of hydrogen-bond donors (Lipinski definition) is 2. The summed E-state index contributed by atoms with van der Waals surface area (Å²) in [5.74, 6) is 0. The van der Waals surface area contributed by atoms with Gasteiger partial charge in [0.2, 0.25) is 0 Å². The SMILES string of the molecule is CCNc1cccnc1S(=O)(=O)NCc1cccs1. The molecule has 0 spiro atoms. The van der Waals surface area contributed by atoms with E-state index in [1.807, 2.05) is 24.4 Å². The molecule has 0 bridgehead atoms. The molecular weight excluding hydrogens is 282 g/mol. The second-order valence-corrected chi connectivity index (χ2v) is 6.50. The summed E-state index contributed by atoms with van der Waals surface area (Å²) in [7, 11) is -3.61. The number of rotatable bonds is 6. The summed E-state index contributed by atoms with van der Waals surface area (Å²) in [6.45, 7) is 2.82. The van der Waals surface area contributed by atoms with Crippen molar-refractivity contribution in [3.05, 3.63) is 40.7 Å². The molecule has 0 saturated heterocycles. The van der Waals surface area contributed by atoms with Gasteiger partial charge in [0, 0.05) is 24.2 Å². The summed E-state index contributed by atoms with van der Waals surface area (Å²) >= 11 is 1.51. The van der Waals surface area contributed by atoms with Crippen LogP contribution in [0.15, 0.2) is 40.9 Å². The lowest BCUT2D eigenvalue weighted by atomic mass is 10.4. The number of hydrogen-bond acceptors (Lipinski definition) is 5. The quantitative estimate of drug-likeness (QED) is 0.856. The standard InChI is InChI=1S/C12H15N3O2S2/c1-2-13-11-6-3-7-14-12(11)19(16,17)15-9-10-5-4-8-18-10/h3-8,13,15H,2,9H2,1H3. The van der Waals surface area contributed by atoms with Gasteiger partial charge >= 0.3 is 0 Å². The Labute approximate surface area is 116 Å². The Bertz CT molecular complexity index is 624. The van der Waals surface area contributed by atoms with Crippen LogP contribution in [-0.2, 0) is 16.6 Å². The maximum atomic E-state index is 12.2. The van der Waals surface area contributed by atoms with Gasteiger partial charge in [-0.15, -0.1) is 11.3 Å². The minimum atomic E-state index is -3.61. The van der Waals surface area contributed by atoms with E-state index in [0.717, 1.165) is 4.88 Å². The van der Waals surface area contributed by atoms with E-state index in [0.29, 0.717) is 12.2 Å². The average Bonchev–Trinajstić information content (AvgIpc) is 2.91. The van der Waals surface area contributed by atoms with Gasteiger partial charge < -0.3 is 5.32 Å². The Balaban J connectivity index is 2.19. The molecule has 0 amide bonds. The molecule has 0 saturated carbocycles. The van der Waals surface area contributed by atoms with Gasteiger partial charge in [-0.05, 0) is 30.5 Å². The normalized spacial score (nSPS) is 11.4.